The molecule has 1 saturated carbocycles. The first-order valence-corrected chi connectivity index (χ1v) is 12.8. The number of carbonyl (C=O) groups excluding carboxylic acids is 2. The predicted octanol–water partition coefficient (Wildman–Crippen LogP) is 5.98. The fraction of sp³-hybridized carbons (Fsp3) is 0.429. The fourth-order valence-electron chi connectivity index (χ4n) is 5.56. The maximum Gasteiger partial charge on any atom is 0.322 e. The molecule has 0 atom stereocenters. The number of anilines is 1. The van der Waals surface area contributed by atoms with Crippen molar-refractivity contribution in [2.24, 2.45) is 5.92 Å². The number of urea groups is 2. The number of benzene rings is 2. The normalized spacial score (nSPS) is 17.6. The van der Waals surface area contributed by atoms with Crippen LogP contribution in [-0.2, 0) is 13.1 Å². The number of hydrogen-bond acceptors (Lipinski definition) is 2. The summed E-state index contributed by atoms with van der Waals surface area (Å²) in [5, 5.41) is 2.76. The SMILES string of the molecule is CN(CC1CCCC1)C(=O)N1CC=C(c2ccc(NC(=O)N3Cc4cc(F)c(F)c(F)c4C3)cc2)CC1. The Morgan fingerprint density at radius 2 is 1.76 bits per heavy atom. The summed E-state index contributed by atoms with van der Waals surface area (Å²) in [7, 11) is 1.89. The smallest absolute Gasteiger partial charge is 0.322 e. The zero-order chi connectivity index (χ0) is 26.1. The number of fused-ring (bicyclic) bond motifs is 1. The third kappa shape index (κ3) is 5.31. The number of nitrogens with zero attached hydrogens (tertiary/aromatic N) is 3. The first-order valence-electron chi connectivity index (χ1n) is 12.8. The van der Waals surface area contributed by atoms with Crippen molar-refractivity contribution in [3.05, 3.63) is 70.5 Å². The van der Waals surface area contributed by atoms with Gasteiger partial charge < -0.3 is 20.0 Å². The summed E-state index contributed by atoms with van der Waals surface area (Å²) in [4.78, 5) is 30.5. The zero-order valence-electron chi connectivity index (χ0n) is 20.9. The van der Waals surface area contributed by atoms with Gasteiger partial charge in [0.2, 0.25) is 0 Å². The van der Waals surface area contributed by atoms with E-state index in [0.717, 1.165) is 30.2 Å². The van der Waals surface area contributed by atoms with Gasteiger partial charge in [0.25, 0.3) is 0 Å². The third-order valence-electron chi connectivity index (χ3n) is 7.67. The largest absolute Gasteiger partial charge is 0.327 e. The van der Waals surface area contributed by atoms with Gasteiger partial charge in [-0.3, -0.25) is 0 Å². The van der Waals surface area contributed by atoms with Crippen LogP contribution in [0.1, 0.15) is 48.8 Å². The van der Waals surface area contributed by atoms with E-state index in [9.17, 15) is 22.8 Å². The van der Waals surface area contributed by atoms with Crippen LogP contribution >= 0.6 is 0 Å². The Balaban J connectivity index is 1.15. The molecule has 6 nitrogen and oxygen atoms in total. The van der Waals surface area contributed by atoms with Crippen LogP contribution in [-0.4, -0.2) is 53.4 Å². The van der Waals surface area contributed by atoms with Crippen molar-refractivity contribution < 1.29 is 22.8 Å². The lowest BCUT2D eigenvalue weighted by molar-refractivity contribution is 0.160. The van der Waals surface area contributed by atoms with E-state index < -0.39 is 23.5 Å². The van der Waals surface area contributed by atoms with Gasteiger partial charge >= 0.3 is 12.1 Å². The highest BCUT2D eigenvalue weighted by atomic mass is 19.2. The average Bonchev–Trinajstić information content (AvgIpc) is 3.58. The highest BCUT2D eigenvalue weighted by Gasteiger charge is 2.30. The maximum atomic E-state index is 14.0. The summed E-state index contributed by atoms with van der Waals surface area (Å²) in [6.07, 6.45) is 7.77. The maximum absolute atomic E-state index is 14.0. The lowest BCUT2D eigenvalue weighted by Crippen LogP contribution is -2.44. The molecule has 0 unspecified atom stereocenters. The van der Waals surface area contributed by atoms with Crippen molar-refractivity contribution in [2.75, 3.05) is 32.0 Å². The van der Waals surface area contributed by atoms with Gasteiger partial charge in [-0.2, -0.15) is 0 Å². The molecule has 0 bridgehead atoms. The molecular formula is C28H31F3N4O2. The molecule has 2 aromatic rings. The van der Waals surface area contributed by atoms with Crippen LogP contribution in [0, 0.1) is 23.4 Å². The van der Waals surface area contributed by atoms with Gasteiger partial charge in [0.1, 0.15) is 0 Å². The van der Waals surface area contributed by atoms with Crippen molar-refractivity contribution in [3.8, 4) is 0 Å². The Morgan fingerprint density at radius 3 is 2.43 bits per heavy atom. The molecule has 0 aromatic heterocycles. The van der Waals surface area contributed by atoms with Gasteiger partial charge in [-0.25, -0.2) is 22.8 Å². The molecule has 5 rings (SSSR count). The first kappa shape index (κ1) is 25.2. The Bertz CT molecular complexity index is 1220. The van der Waals surface area contributed by atoms with E-state index in [1.807, 2.05) is 29.0 Å². The Hall–Kier alpha value is -3.49. The fourth-order valence-corrected chi connectivity index (χ4v) is 5.56. The monoisotopic (exact) mass is 512 g/mol. The van der Waals surface area contributed by atoms with Crippen LogP contribution in [0.2, 0.25) is 0 Å². The summed E-state index contributed by atoms with van der Waals surface area (Å²) < 4.78 is 41.1. The van der Waals surface area contributed by atoms with Crippen LogP contribution in [0.3, 0.4) is 0 Å². The molecule has 4 amide bonds. The molecule has 0 radical (unpaired) electrons. The second kappa shape index (κ2) is 10.5. The zero-order valence-corrected chi connectivity index (χ0v) is 20.9. The molecule has 0 spiro atoms. The van der Waals surface area contributed by atoms with Gasteiger partial charge in [0.15, 0.2) is 17.5 Å². The van der Waals surface area contributed by atoms with Crippen LogP contribution in [0.15, 0.2) is 36.4 Å². The highest BCUT2D eigenvalue weighted by Crippen LogP contribution is 2.30. The number of nitrogens with one attached hydrogen (secondary N) is 1. The van der Waals surface area contributed by atoms with Crippen molar-refractivity contribution in [2.45, 2.75) is 45.2 Å². The lowest BCUT2D eigenvalue weighted by atomic mass is 9.99. The Labute approximate surface area is 214 Å². The molecular weight excluding hydrogens is 481 g/mol. The summed E-state index contributed by atoms with van der Waals surface area (Å²) in [6, 6.07) is 7.93. The Kier molecular flexibility index (Phi) is 7.13. The molecule has 3 aliphatic rings. The molecule has 2 aliphatic heterocycles. The number of amides is 4. The van der Waals surface area contributed by atoms with E-state index in [2.05, 4.69) is 11.4 Å². The molecule has 1 N–H and O–H groups in total. The van der Waals surface area contributed by atoms with E-state index >= 15 is 0 Å². The minimum atomic E-state index is -1.52. The van der Waals surface area contributed by atoms with E-state index in [1.54, 1.807) is 12.1 Å². The minimum absolute atomic E-state index is 0.00528. The average molecular weight is 513 g/mol. The standard InChI is InChI=1S/C28H31F3N4O2/c1-33(15-18-4-2-3-5-18)28(37)34-12-10-20(11-13-34)19-6-8-22(9-7-19)32-27(36)35-16-21-14-24(29)26(31)25(30)23(21)17-35/h6-10,14,18H,2-5,11-13,15-17H2,1H3,(H,32,36). The number of carbonyl (C=O) groups is 2. The van der Waals surface area contributed by atoms with Gasteiger partial charge in [-0.15, -0.1) is 0 Å². The minimum Gasteiger partial charge on any atom is -0.327 e. The van der Waals surface area contributed by atoms with Crippen molar-refractivity contribution >= 4 is 23.3 Å². The number of halogens is 3. The molecule has 37 heavy (non-hydrogen) atoms. The molecule has 0 saturated heterocycles. The number of hydrogen-bond donors (Lipinski definition) is 1. The summed E-state index contributed by atoms with van der Waals surface area (Å²) in [5.74, 6) is -3.39. The Morgan fingerprint density at radius 1 is 1.03 bits per heavy atom. The van der Waals surface area contributed by atoms with E-state index in [1.165, 1.54) is 30.6 Å². The summed E-state index contributed by atoms with van der Waals surface area (Å²) >= 11 is 0. The molecule has 9 heteroatoms. The predicted molar refractivity (Wildman–Crippen MR) is 135 cm³/mol. The first-order chi connectivity index (χ1) is 17.8. The summed E-state index contributed by atoms with van der Waals surface area (Å²) in [5.41, 5.74) is 3.00. The van der Waals surface area contributed by atoms with E-state index in [4.69, 9.17) is 0 Å². The van der Waals surface area contributed by atoms with Crippen LogP contribution in [0.5, 0.6) is 0 Å². The van der Waals surface area contributed by atoms with Crippen LogP contribution in [0.4, 0.5) is 28.4 Å². The third-order valence-corrected chi connectivity index (χ3v) is 7.67. The second-order valence-corrected chi connectivity index (χ2v) is 10.2. The van der Waals surface area contributed by atoms with Gasteiger partial charge in [0.05, 0.1) is 6.54 Å². The molecule has 1 fully saturated rings. The topological polar surface area (TPSA) is 55.9 Å². The van der Waals surface area contributed by atoms with Crippen LogP contribution in [0.25, 0.3) is 5.57 Å². The molecule has 2 heterocycles. The van der Waals surface area contributed by atoms with Crippen molar-refractivity contribution in [1.82, 2.24) is 14.7 Å². The molecule has 2 aromatic carbocycles. The van der Waals surface area contributed by atoms with E-state index in [-0.39, 0.29) is 30.2 Å². The van der Waals surface area contributed by atoms with Gasteiger partial charge in [-0.05, 0) is 60.1 Å². The van der Waals surface area contributed by atoms with Crippen LogP contribution < -0.4 is 5.32 Å². The van der Waals surface area contributed by atoms with Crippen molar-refractivity contribution in [1.29, 1.82) is 0 Å². The second-order valence-electron chi connectivity index (χ2n) is 10.2. The molecule has 1 aliphatic carbocycles. The van der Waals surface area contributed by atoms with Gasteiger partial charge in [0, 0.05) is 44.5 Å². The lowest BCUT2D eigenvalue weighted by Gasteiger charge is -2.32. The quantitative estimate of drug-likeness (QED) is 0.512. The molecule has 196 valence electrons. The van der Waals surface area contributed by atoms with Gasteiger partial charge in [-0.1, -0.05) is 31.1 Å². The number of rotatable bonds is 4. The van der Waals surface area contributed by atoms with Crippen molar-refractivity contribution in [3.63, 3.8) is 0 Å². The highest BCUT2D eigenvalue weighted by molar-refractivity contribution is 5.90. The summed E-state index contributed by atoms with van der Waals surface area (Å²) in [6.45, 7) is 1.93. The van der Waals surface area contributed by atoms with E-state index in [0.29, 0.717) is 24.7 Å².